The van der Waals surface area contributed by atoms with Gasteiger partial charge in [0.25, 0.3) is 5.91 Å². The van der Waals surface area contributed by atoms with Gasteiger partial charge in [-0.2, -0.15) is 0 Å². The van der Waals surface area contributed by atoms with E-state index in [0.29, 0.717) is 60.1 Å². The fraction of sp³-hybridized carbons (Fsp3) is 0.324. The van der Waals surface area contributed by atoms with Gasteiger partial charge in [0.05, 0.1) is 32.5 Å². The summed E-state index contributed by atoms with van der Waals surface area (Å²) in [5, 5.41) is 27.7. The van der Waals surface area contributed by atoms with Crippen LogP contribution in [0.5, 0.6) is 17.5 Å². The number of hydrogen-bond donors (Lipinski definition) is 5. The normalized spacial score (nSPS) is 10.9. The van der Waals surface area contributed by atoms with Gasteiger partial charge in [-0.3, -0.25) is 4.79 Å². The van der Waals surface area contributed by atoms with E-state index in [1.807, 2.05) is 50.2 Å². The third kappa shape index (κ3) is 8.51. The van der Waals surface area contributed by atoms with Crippen LogP contribution < -0.4 is 30.2 Å². The summed E-state index contributed by atoms with van der Waals surface area (Å²) < 4.78 is 17.1. The molecule has 0 aliphatic carbocycles. The van der Waals surface area contributed by atoms with E-state index in [2.05, 4.69) is 25.9 Å². The minimum Gasteiger partial charge on any atom is -0.487 e. The van der Waals surface area contributed by atoms with E-state index in [4.69, 9.17) is 36.0 Å². The number of nitrogens with one attached hydrogen (secondary N) is 3. The Morgan fingerprint density at radius 3 is 2.13 bits per heavy atom. The maximum atomic E-state index is 13.2. The third-order valence-electron chi connectivity index (χ3n) is 7.37. The Morgan fingerprint density at radius 2 is 1.46 bits per heavy atom. The number of carbonyl (C=O) groups excluding carboxylic acids is 1. The number of nitrogens with zero attached hydrogens (tertiary/aromatic N) is 2. The molecule has 0 radical (unpaired) electrons. The maximum Gasteiger partial charge on any atom is 0.274 e. The quantitative estimate of drug-likeness (QED) is 0.111. The Labute approximate surface area is 273 Å². The number of methoxy groups -OCH3 is 2. The molecule has 0 aliphatic rings. The van der Waals surface area contributed by atoms with Crippen LogP contribution in [0.4, 0.5) is 5.69 Å². The van der Waals surface area contributed by atoms with E-state index >= 15 is 0 Å². The van der Waals surface area contributed by atoms with Crippen LogP contribution in [-0.2, 0) is 19.7 Å². The van der Waals surface area contributed by atoms with Gasteiger partial charge < -0.3 is 40.4 Å². The average Bonchev–Trinajstić information content (AvgIpc) is 3.06. The van der Waals surface area contributed by atoms with Crippen molar-refractivity contribution in [3.8, 4) is 28.6 Å². The number of aromatic nitrogens is 2. The first-order valence-corrected chi connectivity index (χ1v) is 15.2. The second kappa shape index (κ2) is 16.9. The van der Waals surface area contributed by atoms with Crippen molar-refractivity contribution < 1.29 is 29.2 Å². The molecule has 4 aromatic rings. The van der Waals surface area contributed by atoms with E-state index in [0.717, 1.165) is 33.4 Å². The number of hydrogen-bond acceptors (Lipinski definition) is 10. The molecule has 0 aliphatic heterocycles. The number of aliphatic hydroxyl groups is 2. The number of rotatable bonds is 16. The molecular formula is C34H40ClN5O6. The fourth-order valence-corrected chi connectivity index (χ4v) is 5.15. The van der Waals surface area contributed by atoms with E-state index in [1.165, 1.54) is 7.11 Å². The van der Waals surface area contributed by atoms with Crippen LogP contribution in [-0.4, -0.2) is 66.6 Å². The second-order valence-corrected chi connectivity index (χ2v) is 10.8. The predicted octanol–water partition coefficient (Wildman–Crippen LogP) is 4.43. The third-order valence-corrected chi connectivity index (χ3v) is 7.70. The van der Waals surface area contributed by atoms with Gasteiger partial charge in [-0.1, -0.05) is 35.9 Å². The van der Waals surface area contributed by atoms with E-state index in [-0.39, 0.29) is 31.4 Å². The molecule has 2 aromatic carbocycles. The van der Waals surface area contributed by atoms with E-state index in [1.54, 1.807) is 25.3 Å². The first-order valence-electron chi connectivity index (χ1n) is 14.8. The first-order chi connectivity index (χ1) is 22.3. The predicted molar refractivity (Wildman–Crippen MR) is 178 cm³/mol. The first kappa shape index (κ1) is 34.6. The zero-order valence-corrected chi connectivity index (χ0v) is 27.2. The summed E-state index contributed by atoms with van der Waals surface area (Å²) >= 11 is 6.55. The van der Waals surface area contributed by atoms with Gasteiger partial charge >= 0.3 is 0 Å². The van der Waals surface area contributed by atoms with Crippen molar-refractivity contribution in [3.63, 3.8) is 0 Å². The van der Waals surface area contributed by atoms with Crippen LogP contribution in [0.1, 0.15) is 38.4 Å². The molecule has 0 atom stereocenters. The molecule has 46 heavy (non-hydrogen) atoms. The van der Waals surface area contributed by atoms with Crippen molar-refractivity contribution in [3.05, 3.63) is 93.3 Å². The molecule has 244 valence electrons. The minimum absolute atomic E-state index is 0.0217. The van der Waals surface area contributed by atoms with Crippen LogP contribution in [0.15, 0.2) is 54.6 Å². The van der Waals surface area contributed by atoms with Crippen molar-refractivity contribution in [2.24, 2.45) is 0 Å². The van der Waals surface area contributed by atoms with Crippen LogP contribution >= 0.6 is 11.6 Å². The SMILES string of the molecule is COc1nc(C(=O)Nc2cccc(-c3cccc(OCc4nc(OC)c(CNCCO)cc4Cl)c3C)c2C)ccc1CNCCO. The summed E-state index contributed by atoms with van der Waals surface area (Å²) in [5.41, 5.74) is 6.66. The van der Waals surface area contributed by atoms with Crippen LogP contribution in [0, 0.1) is 13.8 Å². The lowest BCUT2D eigenvalue weighted by Gasteiger charge is -2.17. The van der Waals surface area contributed by atoms with Crippen LogP contribution in [0.2, 0.25) is 5.02 Å². The van der Waals surface area contributed by atoms with Crippen molar-refractivity contribution in [1.82, 2.24) is 20.6 Å². The number of aliphatic hydroxyl groups excluding tert-OH is 2. The molecule has 0 fully saturated rings. The summed E-state index contributed by atoms with van der Waals surface area (Å²) in [4.78, 5) is 22.2. The maximum absolute atomic E-state index is 13.2. The molecule has 2 heterocycles. The molecular weight excluding hydrogens is 610 g/mol. The number of benzene rings is 2. The van der Waals surface area contributed by atoms with Gasteiger partial charge in [0.15, 0.2) is 0 Å². The number of pyridine rings is 2. The highest BCUT2D eigenvalue weighted by molar-refractivity contribution is 6.31. The van der Waals surface area contributed by atoms with Gasteiger partial charge in [0.2, 0.25) is 11.8 Å². The summed E-state index contributed by atoms with van der Waals surface area (Å²) in [7, 11) is 3.05. The highest BCUT2D eigenvalue weighted by Gasteiger charge is 2.17. The van der Waals surface area contributed by atoms with Crippen LogP contribution in [0.25, 0.3) is 11.1 Å². The van der Waals surface area contributed by atoms with Crippen molar-refractivity contribution in [2.75, 3.05) is 45.8 Å². The zero-order chi connectivity index (χ0) is 33.1. The number of amides is 1. The summed E-state index contributed by atoms with van der Waals surface area (Å²) in [6.45, 7) is 5.91. The van der Waals surface area contributed by atoms with Gasteiger partial charge in [-0.15, -0.1) is 0 Å². The standard InChI is InChI=1S/C34H40ClN5O6/c1-21-25(7-5-9-28(21)38-32(43)29-12-11-23(18-36-13-15-41)33(39-29)44-3)26-8-6-10-31(22(26)2)46-20-30-27(35)17-24(19-37-14-16-42)34(40-30)45-4/h5-12,17,36-37,41-42H,13-16,18-20H2,1-4H3,(H,38,43). The molecule has 5 N–H and O–H groups in total. The molecule has 2 aromatic heterocycles. The Kier molecular flexibility index (Phi) is 12.7. The van der Waals surface area contributed by atoms with Gasteiger partial charge in [-0.25, -0.2) is 9.97 Å². The Hall–Kier alpha value is -4.26. The largest absolute Gasteiger partial charge is 0.487 e. The average molecular weight is 650 g/mol. The smallest absolute Gasteiger partial charge is 0.274 e. The monoisotopic (exact) mass is 649 g/mol. The molecule has 4 rings (SSSR count). The summed E-state index contributed by atoms with van der Waals surface area (Å²) in [5.74, 6) is 1.09. The van der Waals surface area contributed by atoms with Crippen molar-refractivity contribution >= 4 is 23.2 Å². The molecule has 12 heteroatoms. The lowest BCUT2D eigenvalue weighted by atomic mass is 9.95. The Bertz CT molecular complexity index is 1650. The van der Waals surface area contributed by atoms with Crippen molar-refractivity contribution in [1.29, 1.82) is 0 Å². The molecule has 0 bridgehead atoms. The highest BCUT2D eigenvalue weighted by atomic mass is 35.5. The van der Waals surface area contributed by atoms with E-state index in [9.17, 15) is 4.79 Å². The van der Waals surface area contributed by atoms with Crippen molar-refractivity contribution in [2.45, 2.75) is 33.5 Å². The lowest BCUT2D eigenvalue weighted by Crippen LogP contribution is -2.19. The van der Waals surface area contributed by atoms with Gasteiger partial charge in [-0.05, 0) is 66.4 Å². The zero-order valence-electron chi connectivity index (χ0n) is 26.4. The van der Waals surface area contributed by atoms with Crippen LogP contribution in [0.3, 0.4) is 0 Å². The number of anilines is 1. The Morgan fingerprint density at radius 1 is 0.826 bits per heavy atom. The summed E-state index contributed by atoms with van der Waals surface area (Å²) in [6, 6.07) is 16.8. The van der Waals surface area contributed by atoms with Gasteiger partial charge in [0, 0.05) is 43.0 Å². The topological polar surface area (TPSA) is 147 Å². The molecule has 0 saturated heterocycles. The number of ether oxygens (including phenoxy) is 3. The molecule has 0 spiro atoms. The molecule has 0 unspecified atom stereocenters. The highest BCUT2D eigenvalue weighted by Crippen LogP contribution is 2.35. The molecule has 0 saturated carbocycles. The molecule has 1 amide bonds. The molecule has 11 nitrogen and oxygen atoms in total. The second-order valence-electron chi connectivity index (χ2n) is 10.4. The number of halogens is 1. The minimum atomic E-state index is -0.364. The summed E-state index contributed by atoms with van der Waals surface area (Å²) in [6.07, 6.45) is 0. The lowest BCUT2D eigenvalue weighted by molar-refractivity contribution is 0.102. The van der Waals surface area contributed by atoms with Gasteiger partial charge in [0.1, 0.15) is 23.7 Å². The number of carbonyl (C=O) groups is 1. The Balaban J connectivity index is 1.51. The van der Waals surface area contributed by atoms with E-state index < -0.39 is 0 Å². The fourth-order valence-electron chi connectivity index (χ4n) is 4.92.